The maximum Gasteiger partial charge on any atom is 0.0694 e. The highest BCUT2D eigenvalue weighted by atomic mass is 16.5. The van der Waals surface area contributed by atoms with Gasteiger partial charge in [0.25, 0.3) is 0 Å². The molecule has 0 aromatic rings. The SMILES string of the molecule is CCCCCCCCCCC1(O)CCOC(CCC)C1. The summed E-state index contributed by atoms with van der Waals surface area (Å²) in [5.41, 5.74) is -0.430. The minimum Gasteiger partial charge on any atom is -0.390 e. The summed E-state index contributed by atoms with van der Waals surface area (Å²) in [6.45, 7) is 5.20. The van der Waals surface area contributed by atoms with Crippen molar-refractivity contribution < 1.29 is 9.84 Å². The second-order valence-electron chi connectivity index (χ2n) is 6.68. The molecule has 0 aliphatic carbocycles. The fourth-order valence-corrected chi connectivity index (χ4v) is 3.32. The Morgan fingerprint density at radius 2 is 1.60 bits per heavy atom. The van der Waals surface area contributed by atoms with E-state index in [1.54, 1.807) is 0 Å². The first-order chi connectivity index (χ1) is 9.70. The van der Waals surface area contributed by atoms with Gasteiger partial charge in [-0.05, 0) is 19.3 Å². The largest absolute Gasteiger partial charge is 0.390 e. The lowest BCUT2D eigenvalue weighted by atomic mass is 9.84. The summed E-state index contributed by atoms with van der Waals surface area (Å²) in [7, 11) is 0. The van der Waals surface area contributed by atoms with E-state index in [1.807, 2.05) is 0 Å². The molecule has 2 heteroatoms. The van der Waals surface area contributed by atoms with Crippen LogP contribution in [0.2, 0.25) is 0 Å². The van der Waals surface area contributed by atoms with E-state index in [0.717, 1.165) is 38.7 Å². The van der Waals surface area contributed by atoms with Crippen LogP contribution in [0.5, 0.6) is 0 Å². The van der Waals surface area contributed by atoms with Crippen LogP contribution in [-0.4, -0.2) is 23.4 Å². The molecule has 1 fully saturated rings. The quantitative estimate of drug-likeness (QED) is 0.527. The molecule has 0 spiro atoms. The molecule has 1 aliphatic heterocycles. The lowest BCUT2D eigenvalue weighted by molar-refractivity contribution is -0.109. The van der Waals surface area contributed by atoms with Gasteiger partial charge in [0.05, 0.1) is 11.7 Å². The van der Waals surface area contributed by atoms with Gasteiger partial charge in [0.1, 0.15) is 0 Å². The molecule has 20 heavy (non-hydrogen) atoms. The highest BCUT2D eigenvalue weighted by Crippen LogP contribution is 2.31. The van der Waals surface area contributed by atoms with Crippen molar-refractivity contribution in [1.29, 1.82) is 0 Å². The van der Waals surface area contributed by atoms with Crippen LogP contribution in [0.15, 0.2) is 0 Å². The molecule has 2 nitrogen and oxygen atoms in total. The number of hydrogen-bond donors (Lipinski definition) is 1. The fourth-order valence-electron chi connectivity index (χ4n) is 3.32. The van der Waals surface area contributed by atoms with Gasteiger partial charge in [-0.3, -0.25) is 0 Å². The molecule has 2 atom stereocenters. The maximum atomic E-state index is 10.7. The van der Waals surface area contributed by atoms with E-state index in [2.05, 4.69) is 13.8 Å². The lowest BCUT2D eigenvalue weighted by Crippen LogP contribution is -2.40. The van der Waals surface area contributed by atoms with Crippen molar-refractivity contribution in [2.45, 2.75) is 109 Å². The van der Waals surface area contributed by atoms with Gasteiger partial charge >= 0.3 is 0 Å². The molecule has 1 rings (SSSR count). The third-order valence-corrected chi connectivity index (χ3v) is 4.63. The highest BCUT2D eigenvalue weighted by molar-refractivity contribution is 4.85. The minimum atomic E-state index is -0.430. The Bertz CT molecular complexity index is 227. The van der Waals surface area contributed by atoms with Crippen LogP contribution in [-0.2, 0) is 4.74 Å². The first kappa shape index (κ1) is 18.0. The Morgan fingerprint density at radius 1 is 0.950 bits per heavy atom. The molecule has 0 aromatic carbocycles. The van der Waals surface area contributed by atoms with Crippen LogP contribution in [0.25, 0.3) is 0 Å². The average Bonchev–Trinajstić information content (AvgIpc) is 2.42. The van der Waals surface area contributed by atoms with Crippen molar-refractivity contribution in [3.8, 4) is 0 Å². The minimum absolute atomic E-state index is 0.299. The Kier molecular flexibility index (Phi) is 9.54. The Balaban J connectivity index is 2.04. The van der Waals surface area contributed by atoms with Crippen LogP contribution in [0.1, 0.15) is 97.3 Å². The second kappa shape index (κ2) is 10.6. The van der Waals surface area contributed by atoms with Gasteiger partial charge in [0.15, 0.2) is 0 Å². The molecule has 0 saturated carbocycles. The third kappa shape index (κ3) is 7.64. The van der Waals surface area contributed by atoms with Crippen LogP contribution in [0.4, 0.5) is 0 Å². The van der Waals surface area contributed by atoms with Crippen molar-refractivity contribution >= 4 is 0 Å². The van der Waals surface area contributed by atoms with E-state index in [4.69, 9.17) is 4.74 Å². The summed E-state index contributed by atoms with van der Waals surface area (Å²) in [6.07, 6.45) is 15.9. The van der Waals surface area contributed by atoms with Crippen molar-refractivity contribution in [1.82, 2.24) is 0 Å². The molecule has 1 aliphatic rings. The monoisotopic (exact) mass is 284 g/mol. The predicted molar refractivity (Wildman–Crippen MR) is 86.1 cm³/mol. The zero-order chi connectivity index (χ0) is 14.7. The molecule has 0 aromatic heterocycles. The number of rotatable bonds is 11. The molecule has 0 amide bonds. The standard InChI is InChI=1S/C18H36O2/c1-3-5-6-7-8-9-10-11-13-18(19)14-15-20-17(16-18)12-4-2/h17,19H,3-16H2,1-2H3. The van der Waals surface area contributed by atoms with Crippen molar-refractivity contribution in [3.63, 3.8) is 0 Å². The van der Waals surface area contributed by atoms with Gasteiger partial charge in [-0.2, -0.15) is 0 Å². The summed E-state index contributed by atoms with van der Waals surface area (Å²) in [5.74, 6) is 0. The first-order valence-electron chi connectivity index (χ1n) is 9.04. The Hall–Kier alpha value is -0.0800. The summed E-state index contributed by atoms with van der Waals surface area (Å²) >= 11 is 0. The predicted octanol–water partition coefficient (Wildman–Crippen LogP) is 5.23. The smallest absolute Gasteiger partial charge is 0.0694 e. The summed E-state index contributed by atoms with van der Waals surface area (Å²) in [4.78, 5) is 0. The Morgan fingerprint density at radius 3 is 2.25 bits per heavy atom. The Labute approximate surface area is 126 Å². The van der Waals surface area contributed by atoms with E-state index in [-0.39, 0.29) is 0 Å². The summed E-state index contributed by atoms with van der Waals surface area (Å²) < 4.78 is 5.74. The van der Waals surface area contributed by atoms with Crippen LogP contribution in [0.3, 0.4) is 0 Å². The highest BCUT2D eigenvalue weighted by Gasteiger charge is 2.33. The van der Waals surface area contributed by atoms with Gasteiger partial charge in [0.2, 0.25) is 0 Å². The average molecular weight is 284 g/mol. The van der Waals surface area contributed by atoms with Crippen molar-refractivity contribution in [2.75, 3.05) is 6.61 Å². The number of ether oxygens (including phenoxy) is 1. The number of aliphatic hydroxyl groups is 1. The molecule has 0 radical (unpaired) electrons. The van der Waals surface area contributed by atoms with Crippen LogP contribution < -0.4 is 0 Å². The van der Waals surface area contributed by atoms with Crippen molar-refractivity contribution in [2.24, 2.45) is 0 Å². The molecule has 1 N–H and O–H groups in total. The molecule has 120 valence electrons. The molecular weight excluding hydrogens is 248 g/mol. The molecule has 1 saturated heterocycles. The molecule has 1 heterocycles. The lowest BCUT2D eigenvalue weighted by Gasteiger charge is -2.37. The first-order valence-corrected chi connectivity index (χ1v) is 9.04. The molecule has 0 bridgehead atoms. The second-order valence-corrected chi connectivity index (χ2v) is 6.68. The van der Waals surface area contributed by atoms with E-state index in [0.29, 0.717) is 6.10 Å². The number of unbranched alkanes of at least 4 members (excludes halogenated alkanes) is 7. The van der Waals surface area contributed by atoms with Gasteiger partial charge in [0, 0.05) is 13.0 Å². The van der Waals surface area contributed by atoms with E-state index < -0.39 is 5.60 Å². The van der Waals surface area contributed by atoms with E-state index in [1.165, 1.54) is 51.4 Å². The van der Waals surface area contributed by atoms with Crippen molar-refractivity contribution in [3.05, 3.63) is 0 Å². The normalized spacial score (nSPS) is 26.9. The van der Waals surface area contributed by atoms with Crippen LogP contribution in [0, 0.1) is 0 Å². The zero-order valence-electron chi connectivity index (χ0n) is 13.8. The van der Waals surface area contributed by atoms with Gasteiger partial charge in [-0.15, -0.1) is 0 Å². The maximum absolute atomic E-state index is 10.7. The molecule has 2 unspecified atom stereocenters. The van der Waals surface area contributed by atoms with Crippen LogP contribution >= 0.6 is 0 Å². The van der Waals surface area contributed by atoms with Gasteiger partial charge in [-0.1, -0.05) is 71.6 Å². The van der Waals surface area contributed by atoms with E-state index in [9.17, 15) is 5.11 Å². The van der Waals surface area contributed by atoms with Gasteiger partial charge in [-0.25, -0.2) is 0 Å². The summed E-state index contributed by atoms with van der Waals surface area (Å²) in [5, 5.41) is 10.7. The summed E-state index contributed by atoms with van der Waals surface area (Å²) in [6, 6.07) is 0. The van der Waals surface area contributed by atoms with E-state index >= 15 is 0 Å². The topological polar surface area (TPSA) is 29.5 Å². The fraction of sp³-hybridized carbons (Fsp3) is 1.00. The van der Waals surface area contributed by atoms with Gasteiger partial charge < -0.3 is 9.84 Å². The zero-order valence-corrected chi connectivity index (χ0v) is 13.8. The third-order valence-electron chi connectivity index (χ3n) is 4.63. The molecular formula is C18H36O2. The number of hydrogen-bond acceptors (Lipinski definition) is 2.